The molecule has 4 N–H and O–H groups in total. The first-order valence-electron chi connectivity index (χ1n) is 5.85. The largest absolute Gasteiger partial charge is 0.394 e. The van der Waals surface area contributed by atoms with Gasteiger partial charge < -0.3 is 25.0 Å². The van der Waals surface area contributed by atoms with E-state index in [4.69, 9.17) is 15.3 Å². The summed E-state index contributed by atoms with van der Waals surface area (Å²) < 4.78 is 4.68. The number of aliphatic hydroxyl groups is 3. The topological polar surface area (TPSA) is 124 Å². The number of nitrogens with zero attached hydrogens (tertiary/aromatic N) is 3. The van der Waals surface area contributed by atoms with E-state index in [-0.39, 0.29) is 13.0 Å². The molecule has 0 aliphatic carbocycles. The van der Waals surface area contributed by atoms with Crippen molar-refractivity contribution in [1.82, 2.24) is 19.9 Å². The number of aromatic amines is 1. The highest BCUT2D eigenvalue weighted by Gasteiger charge is 2.31. The van der Waals surface area contributed by atoms with Crippen molar-refractivity contribution >= 4 is 11.2 Å². The summed E-state index contributed by atoms with van der Waals surface area (Å²) >= 11 is 0. The van der Waals surface area contributed by atoms with Crippen molar-refractivity contribution in [1.29, 1.82) is 0 Å². The van der Waals surface area contributed by atoms with Crippen molar-refractivity contribution in [3.05, 3.63) is 18.3 Å². The number of rotatable bonds is 1. The van der Waals surface area contributed by atoms with Crippen LogP contribution in [-0.4, -0.2) is 60.4 Å². The normalized spacial score (nSPS) is 26.2. The highest BCUT2D eigenvalue weighted by Crippen LogP contribution is 2.17. The molecule has 19 heavy (non-hydrogen) atoms. The third-order valence-corrected chi connectivity index (χ3v) is 2.66. The summed E-state index contributed by atoms with van der Waals surface area (Å²) in [7, 11) is 0. The maximum Gasteiger partial charge on any atom is 0.180 e. The Morgan fingerprint density at radius 1 is 1.47 bits per heavy atom. The Kier molecular flexibility index (Phi) is 4.38. The molecule has 8 nitrogen and oxygen atoms in total. The fourth-order valence-electron chi connectivity index (χ4n) is 1.75. The Morgan fingerprint density at radius 2 is 2.26 bits per heavy atom. The van der Waals surface area contributed by atoms with Crippen molar-refractivity contribution < 1.29 is 20.1 Å². The van der Waals surface area contributed by atoms with Gasteiger partial charge in [0.25, 0.3) is 0 Å². The van der Waals surface area contributed by atoms with E-state index in [0.717, 1.165) is 17.0 Å². The second-order valence-corrected chi connectivity index (χ2v) is 4.20. The van der Waals surface area contributed by atoms with Gasteiger partial charge in [0.05, 0.1) is 18.9 Å². The zero-order valence-corrected chi connectivity index (χ0v) is 10.4. The van der Waals surface area contributed by atoms with E-state index >= 15 is 0 Å². The first kappa shape index (κ1) is 13.8. The van der Waals surface area contributed by atoms with Crippen molar-refractivity contribution in [2.24, 2.45) is 0 Å². The molecule has 0 aromatic carbocycles. The average molecular weight is 268 g/mol. The van der Waals surface area contributed by atoms with Gasteiger partial charge in [0.1, 0.15) is 23.8 Å². The van der Waals surface area contributed by atoms with Gasteiger partial charge in [-0.15, -0.1) is 0 Å². The molecule has 2 aromatic heterocycles. The summed E-state index contributed by atoms with van der Waals surface area (Å²) in [4.78, 5) is 14.9. The lowest BCUT2D eigenvalue weighted by Crippen LogP contribution is -2.24. The van der Waals surface area contributed by atoms with Crippen molar-refractivity contribution in [2.45, 2.75) is 31.8 Å². The van der Waals surface area contributed by atoms with Gasteiger partial charge in [-0.05, 0) is 6.92 Å². The highest BCUT2D eigenvalue weighted by molar-refractivity contribution is 5.68. The van der Waals surface area contributed by atoms with E-state index < -0.39 is 18.5 Å². The van der Waals surface area contributed by atoms with E-state index in [2.05, 4.69) is 24.7 Å². The molecule has 0 bridgehead atoms. The van der Waals surface area contributed by atoms with Crippen LogP contribution in [-0.2, 0) is 4.74 Å². The van der Waals surface area contributed by atoms with Crippen LogP contribution in [0.15, 0.2) is 12.5 Å². The van der Waals surface area contributed by atoms with Gasteiger partial charge in [0.2, 0.25) is 0 Å². The molecule has 0 saturated carbocycles. The predicted octanol–water partition coefficient (Wildman–Crippen LogP) is -0.892. The summed E-state index contributed by atoms with van der Waals surface area (Å²) in [6.45, 7) is 1.65. The molecule has 0 amide bonds. The van der Waals surface area contributed by atoms with Gasteiger partial charge in [-0.3, -0.25) is 0 Å². The molecule has 2 aromatic rings. The molecule has 8 heteroatoms. The number of aromatic nitrogens is 4. The van der Waals surface area contributed by atoms with Crippen molar-refractivity contribution in [3.63, 3.8) is 0 Å². The quantitative estimate of drug-likeness (QED) is 0.528. The van der Waals surface area contributed by atoms with Crippen molar-refractivity contribution in [2.75, 3.05) is 6.61 Å². The lowest BCUT2D eigenvalue weighted by Gasteiger charge is -2.08. The summed E-state index contributed by atoms with van der Waals surface area (Å²) in [6.07, 6.45) is 1.18. The van der Waals surface area contributed by atoms with Gasteiger partial charge in [-0.1, -0.05) is 0 Å². The van der Waals surface area contributed by atoms with E-state index in [1.807, 2.05) is 6.92 Å². The molecule has 3 heterocycles. The lowest BCUT2D eigenvalue weighted by molar-refractivity contribution is -0.107. The maximum atomic E-state index is 8.91. The molecule has 1 aliphatic heterocycles. The van der Waals surface area contributed by atoms with E-state index in [1.54, 1.807) is 6.20 Å². The summed E-state index contributed by atoms with van der Waals surface area (Å²) in [5.74, 6) is 0.871. The minimum absolute atomic E-state index is 0.200. The van der Waals surface area contributed by atoms with Crippen LogP contribution >= 0.6 is 0 Å². The zero-order chi connectivity index (χ0) is 13.8. The standard InChI is InChI=1S/C6H6N4.C5H10O4/c1-4-9-5-2-7-3-8-6(5)10-4;6-2-4-3(7)1-5(8)9-4/h2-3H,1H3,(H,7,8,9,10);3-8H,1-2H2/t;3-,4+,5?/m.0/s1. The number of aliphatic hydroxyl groups excluding tert-OH is 3. The van der Waals surface area contributed by atoms with Crippen LogP contribution in [0.25, 0.3) is 11.2 Å². The van der Waals surface area contributed by atoms with Gasteiger partial charge in [-0.25, -0.2) is 15.0 Å². The Bertz CT molecular complexity index is 499. The molecule has 1 aliphatic rings. The molecule has 104 valence electrons. The first-order valence-corrected chi connectivity index (χ1v) is 5.85. The van der Waals surface area contributed by atoms with Crippen LogP contribution in [0.1, 0.15) is 12.2 Å². The summed E-state index contributed by atoms with van der Waals surface area (Å²) in [6, 6.07) is 0. The summed E-state index contributed by atoms with van der Waals surface area (Å²) in [5, 5.41) is 26.1. The van der Waals surface area contributed by atoms with E-state index in [9.17, 15) is 0 Å². The van der Waals surface area contributed by atoms with Crippen LogP contribution in [0.2, 0.25) is 0 Å². The first-order chi connectivity index (χ1) is 9.10. The smallest absolute Gasteiger partial charge is 0.180 e. The number of nitrogens with one attached hydrogen (secondary N) is 1. The van der Waals surface area contributed by atoms with E-state index in [0.29, 0.717) is 0 Å². The average Bonchev–Trinajstić information content (AvgIpc) is 2.90. The highest BCUT2D eigenvalue weighted by atomic mass is 16.6. The fraction of sp³-hybridized carbons (Fsp3) is 0.545. The Balaban J connectivity index is 0.000000141. The SMILES string of the molecule is Cc1nc2ncncc2[nH]1.OC[C@H]1OC(O)C[C@@H]1O. The second kappa shape index (κ2) is 6.02. The molecular weight excluding hydrogens is 252 g/mol. The van der Waals surface area contributed by atoms with Gasteiger partial charge >= 0.3 is 0 Å². The van der Waals surface area contributed by atoms with Crippen molar-refractivity contribution in [3.8, 4) is 0 Å². The van der Waals surface area contributed by atoms with Gasteiger partial charge in [-0.2, -0.15) is 0 Å². The Hall–Kier alpha value is -1.61. The predicted molar refractivity (Wildman–Crippen MR) is 65.0 cm³/mol. The molecule has 1 unspecified atom stereocenters. The molecule has 1 fully saturated rings. The van der Waals surface area contributed by atoms with Crippen LogP contribution in [0.4, 0.5) is 0 Å². The molecular formula is C11H16N4O4. The van der Waals surface area contributed by atoms with E-state index in [1.165, 1.54) is 6.33 Å². The number of H-pyrrole nitrogens is 1. The third kappa shape index (κ3) is 3.44. The third-order valence-electron chi connectivity index (χ3n) is 2.66. The minimum atomic E-state index is -0.905. The molecule has 1 saturated heterocycles. The van der Waals surface area contributed by atoms with Gasteiger partial charge in [0.15, 0.2) is 11.9 Å². The summed E-state index contributed by atoms with van der Waals surface area (Å²) in [5.41, 5.74) is 1.62. The zero-order valence-electron chi connectivity index (χ0n) is 10.4. The molecule has 3 atom stereocenters. The Morgan fingerprint density at radius 3 is 2.79 bits per heavy atom. The fourth-order valence-corrected chi connectivity index (χ4v) is 1.75. The van der Waals surface area contributed by atoms with Crippen LogP contribution in [0, 0.1) is 6.92 Å². The van der Waals surface area contributed by atoms with Gasteiger partial charge in [0, 0.05) is 6.42 Å². The number of aryl methyl sites for hydroxylation is 1. The second-order valence-electron chi connectivity index (χ2n) is 4.20. The number of hydrogen-bond donors (Lipinski definition) is 4. The number of imidazole rings is 1. The number of ether oxygens (including phenoxy) is 1. The maximum absolute atomic E-state index is 8.91. The minimum Gasteiger partial charge on any atom is -0.394 e. The molecule has 0 radical (unpaired) electrons. The van der Waals surface area contributed by atoms with Crippen LogP contribution in [0.3, 0.4) is 0 Å². The number of fused-ring (bicyclic) bond motifs is 1. The number of hydrogen-bond acceptors (Lipinski definition) is 7. The molecule has 0 spiro atoms. The monoisotopic (exact) mass is 268 g/mol. The lowest BCUT2D eigenvalue weighted by atomic mass is 10.2. The van der Waals surface area contributed by atoms with Crippen LogP contribution in [0.5, 0.6) is 0 Å². The molecule has 3 rings (SSSR count). The van der Waals surface area contributed by atoms with Crippen LogP contribution < -0.4 is 0 Å². The Labute approximate surface area is 109 Å².